The lowest BCUT2D eigenvalue weighted by Crippen LogP contribution is -2.31. The van der Waals surface area contributed by atoms with E-state index in [2.05, 4.69) is 4.99 Å². The van der Waals surface area contributed by atoms with Crippen LogP contribution in [0.3, 0.4) is 0 Å². The van der Waals surface area contributed by atoms with Gasteiger partial charge in [-0.15, -0.1) is 0 Å². The minimum Gasteiger partial charge on any atom is -0.365 e. The fourth-order valence-corrected chi connectivity index (χ4v) is 0.617. The predicted octanol–water partition coefficient (Wildman–Crippen LogP) is 0.0413. The Morgan fingerprint density at radius 1 is 1.78 bits per heavy atom. The highest BCUT2D eigenvalue weighted by Crippen LogP contribution is 1.96. The van der Waals surface area contributed by atoms with E-state index < -0.39 is 0 Å². The Morgan fingerprint density at radius 3 is 3.00 bits per heavy atom. The normalized spacial score (nSPS) is 24.6. The van der Waals surface area contributed by atoms with E-state index in [0.29, 0.717) is 0 Å². The van der Waals surface area contributed by atoms with Gasteiger partial charge in [-0.2, -0.15) is 0 Å². The average molecular weight is 124 g/mol. The van der Waals surface area contributed by atoms with E-state index >= 15 is 0 Å². The van der Waals surface area contributed by atoms with Crippen LogP contribution in [0.5, 0.6) is 0 Å². The molecule has 0 amide bonds. The van der Waals surface area contributed by atoms with Gasteiger partial charge in [0, 0.05) is 25.7 Å². The van der Waals surface area contributed by atoms with Crippen LogP contribution in [-0.2, 0) is 4.79 Å². The smallest absolute Gasteiger partial charge is 0.147 e. The van der Waals surface area contributed by atoms with E-state index in [1.54, 1.807) is 23.5 Å². The lowest BCUT2D eigenvalue weighted by Gasteiger charge is -2.19. The molecule has 1 atom stereocenters. The van der Waals surface area contributed by atoms with Gasteiger partial charge >= 0.3 is 0 Å². The molecular formula is C6H8N2O. The van der Waals surface area contributed by atoms with Crippen molar-refractivity contribution in [1.82, 2.24) is 4.90 Å². The van der Waals surface area contributed by atoms with Gasteiger partial charge in [-0.3, -0.25) is 4.99 Å². The Bertz CT molecular complexity index is 162. The van der Waals surface area contributed by atoms with E-state index in [1.807, 2.05) is 7.05 Å². The Hall–Kier alpha value is -1.12. The molecule has 0 radical (unpaired) electrons. The summed E-state index contributed by atoms with van der Waals surface area (Å²) in [6, 6.07) is -0.171. The van der Waals surface area contributed by atoms with Gasteiger partial charge in [0.15, 0.2) is 0 Å². The van der Waals surface area contributed by atoms with Gasteiger partial charge in [0.25, 0.3) is 0 Å². The van der Waals surface area contributed by atoms with Crippen LogP contribution in [0.1, 0.15) is 0 Å². The number of hydrogen-bond donors (Lipinski definition) is 0. The number of carbonyl (C=O) groups is 1. The van der Waals surface area contributed by atoms with Crippen molar-refractivity contribution in [2.45, 2.75) is 6.04 Å². The summed E-state index contributed by atoms with van der Waals surface area (Å²) in [6.45, 7) is 0. The molecule has 0 N–H and O–H groups in total. The number of rotatable bonds is 1. The van der Waals surface area contributed by atoms with Crippen LogP contribution in [0, 0.1) is 0 Å². The summed E-state index contributed by atoms with van der Waals surface area (Å²) in [5.41, 5.74) is 0. The Morgan fingerprint density at radius 2 is 2.56 bits per heavy atom. The third kappa shape index (κ3) is 1.16. The molecule has 0 saturated heterocycles. The molecule has 0 saturated carbocycles. The summed E-state index contributed by atoms with van der Waals surface area (Å²) in [7, 11) is 1.83. The lowest BCUT2D eigenvalue weighted by atomic mass is 10.3. The molecule has 0 aromatic rings. The fourth-order valence-electron chi connectivity index (χ4n) is 0.617. The third-order valence-electron chi connectivity index (χ3n) is 1.24. The number of likely N-dealkylation sites (N-methyl/N-ethyl adjacent to an activating group) is 1. The summed E-state index contributed by atoms with van der Waals surface area (Å²) >= 11 is 0. The molecule has 3 heteroatoms. The number of aliphatic imine (C=N–C) groups is 1. The zero-order chi connectivity index (χ0) is 6.69. The van der Waals surface area contributed by atoms with E-state index in [1.165, 1.54) is 0 Å². The molecule has 1 aliphatic rings. The van der Waals surface area contributed by atoms with Gasteiger partial charge in [0.1, 0.15) is 12.3 Å². The minimum atomic E-state index is -0.171. The molecular weight excluding hydrogens is 116 g/mol. The van der Waals surface area contributed by atoms with E-state index in [-0.39, 0.29) is 6.04 Å². The highest BCUT2D eigenvalue weighted by atomic mass is 16.1. The highest BCUT2D eigenvalue weighted by Gasteiger charge is 2.07. The third-order valence-corrected chi connectivity index (χ3v) is 1.24. The number of aldehydes is 1. The van der Waals surface area contributed by atoms with E-state index in [9.17, 15) is 4.79 Å². The molecule has 1 aliphatic heterocycles. The van der Waals surface area contributed by atoms with Gasteiger partial charge in [0.05, 0.1) is 0 Å². The molecule has 0 aliphatic carbocycles. The SMILES string of the molecule is CN1C=CN=CC1C=O. The summed E-state index contributed by atoms with van der Waals surface area (Å²) in [5, 5.41) is 0. The highest BCUT2D eigenvalue weighted by molar-refractivity contribution is 5.86. The molecule has 9 heavy (non-hydrogen) atoms. The van der Waals surface area contributed by atoms with Crippen LogP contribution in [0.15, 0.2) is 17.4 Å². The number of hydrogen-bond acceptors (Lipinski definition) is 3. The molecule has 0 aromatic heterocycles. The van der Waals surface area contributed by atoms with Gasteiger partial charge in [0.2, 0.25) is 0 Å². The first kappa shape index (κ1) is 6.01. The molecule has 3 nitrogen and oxygen atoms in total. The molecule has 0 bridgehead atoms. The fraction of sp³-hybridized carbons (Fsp3) is 0.333. The average Bonchev–Trinajstić information content (AvgIpc) is 1.89. The Labute approximate surface area is 53.7 Å². The number of carbonyl (C=O) groups excluding carboxylic acids is 1. The molecule has 1 unspecified atom stereocenters. The molecule has 1 heterocycles. The first-order valence-corrected chi connectivity index (χ1v) is 2.72. The van der Waals surface area contributed by atoms with Crippen molar-refractivity contribution in [3.05, 3.63) is 12.4 Å². The largest absolute Gasteiger partial charge is 0.365 e. The second-order valence-corrected chi connectivity index (χ2v) is 1.89. The van der Waals surface area contributed by atoms with E-state index in [0.717, 1.165) is 6.29 Å². The maximum atomic E-state index is 10.2. The zero-order valence-electron chi connectivity index (χ0n) is 5.19. The first-order chi connectivity index (χ1) is 4.34. The summed E-state index contributed by atoms with van der Waals surface area (Å²) in [5.74, 6) is 0. The molecule has 1 rings (SSSR count). The quantitative estimate of drug-likeness (QED) is 0.462. The van der Waals surface area contributed by atoms with Crippen LogP contribution >= 0.6 is 0 Å². The maximum Gasteiger partial charge on any atom is 0.147 e. The molecule has 0 fully saturated rings. The summed E-state index contributed by atoms with van der Waals surface area (Å²) in [6.07, 6.45) is 5.87. The monoisotopic (exact) mass is 124 g/mol. The lowest BCUT2D eigenvalue weighted by molar-refractivity contribution is -0.109. The maximum absolute atomic E-state index is 10.2. The van der Waals surface area contributed by atoms with Crippen molar-refractivity contribution in [3.8, 4) is 0 Å². The van der Waals surface area contributed by atoms with Crippen molar-refractivity contribution in [3.63, 3.8) is 0 Å². The summed E-state index contributed by atoms with van der Waals surface area (Å²) in [4.78, 5) is 15.8. The zero-order valence-corrected chi connectivity index (χ0v) is 5.19. The van der Waals surface area contributed by atoms with Crippen LogP contribution in [0.2, 0.25) is 0 Å². The second kappa shape index (κ2) is 2.44. The molecule has 0 aromatic carbocycles. The van der Waals surface area contributed by atoms with Crippen LogP contribution in [0.25, 0.3) is 0 Å². The van der Waals surface area contributed by atoms with Crippen molar-refractivity contribution < 1.29 is 4.79 Å². The van der Waals surface area contributed by atoms with E-state index in [4.69, 9.17) is 0 Å². The van der Waals surface area contributed by atoms with Crippen molar-refractivity contribution in [2.75, 3.05) is 7.05 Å². The standard InChI is InChI=1S/C6H8N2O/c1-8-3-2-7-4-6(8)5-9/h2-6H,1H3. The summed E-state index contributed by atoms with van der Waals surface area (Å²) < 4.78 is 0. The van der Waals surface area contributed by atoms with Gasteiger partial charge in [-0.25, -0.2) is 0 Å². The minimum absolute atomic E-state index is 0.171. The predicted molar refractivity (Wildman–Crippen MR) is 35.2 cm³/mol. The van der Waals surface area contributed by atoms with Crippen LogP contribution in [-0.4, -0.2) is 30.5 Å². The van der Waals surface area contributed by atoms with Gasteiger partial charge < -0.3 is 9.69 Å². The molecule has 48 valence electrons. The Kier molecular flexibility index (Phi) is 1.63. The van der Waals surface area contributed by atoms with Gasteiger partial charge in [-0.05, 0) is 0 Å². The van der Waals surface area contributed by atoms with Crippen molar-refractivity contribution in [2.24, 2.45) is 4.99 Å². The first-order valence-electron chi connectivity index (χ1n) is 2.72. The number of nitrogens with zero attached hydrogens (tertiary/aromatic N) is 2. The van der Waals surface area contributed by atoms with Crippen LogP contribution in [0.4, 0.5) is 0 Å². The van der Waals surface area contributed by atoms with Crippen LogP contribution < -0.4 is 0 Å². The van der Waals surface area contributed by atoms with Crippen molar-refractivity contribution >= 4 is 12.5 Å². The topological polar surface area (TPSA) is 32.7 Å². The Balaban J connectivity index is 2.65. The molecule has 0 spiro atoms. The second-order valence-electron chi connectivity index (χ2n) is 1.89. The van der Waals surface area contributed by atoms with Crippen molar-refractivity contribution in [1.29, 1.82) is 0 Å². The van der Waals surface area contributed by atoms with Gasteiger partial charge in [-0.1, -0.05) is 0 Å².